The largest absolute Gasteiger partial charge is 0.493 e. The Morgan fingerprint density at radius 3 is 2.51 bits per heavy atom. The quantitative estimate of drug-likeness (QED) is 0.317. The van der Waals surface area contributed by atoms with E-state index >= 15 is 0 Å². The summed E-state index contributed by atoms with van der Waals surface area (Å²) in [5, 5.41) is 3.22. The molecular weight excluding hydrogens is 604 g/mol. The van der Waals surface area contributed by atoms with Crippen molar-refractivity contribution in [3.05, 3.63) is 28.7 Å². The lowest BCUT2D eigenvalue weighted by molar-refractivity contribution is -0.171. The lowest BCUT2D eigenvalue weighted by Gasteiger charge is -2.37. The minimum atomic E-state index is -2.01. The number of benzene rings is 1. The van der Waals surface area contributed by atoms with Crippen LogP contribution in [0.2, 0.25) is 18.1 Å². The van der Waals surface area contributed by atoms with Crippen molar-refractivity contribution in [1.29, 1.82) is 0 Å². The molecule has 1 aromatic carbocycles. The third-order valence-corrected chi connectivity index (χ3v) is 14.1. The van der Waals surface area contributed by atoms with Gasteiger partial charge in [0.1, 0.15) is 24.0 Å². The van der Waals surface area contributed by atoms with E-state index in [4.69, 9.17) is 18.6 Å². The van der Waals surface area contributed by atoms with Gasteiger partial charge in [-0.1, -0.05) is 62.0 Å². The standard InChI is InChI=1S/C31H49BrN2O6Si/c1-30(2,3)41(6,7)38-20-21(19-37-24-15-11-14-23(32)16-24)17-33-28(35)26-27-25(39-31(4,5)40-27)18-34(26)29(36)22-12-9-8-10-13-22/h11,14-16,21-22,25-27H,8-10,12-13,17-20H2,1-7H3,(H,33,35)/t21-,25-,26-,27-/m1/s1. The number of rotatable bonds is 10. The number of ether oxygens (including phenoxy) is 3. The van der Waals surface area contributed by atoms with Crippen LogP contribution in [0.5, 0.6) is 5.75 Å². The Hall–Kier alpha value is -1.46. The zero-order valence-corrected chi connectivity index (χ0v) is 28.4. The normalized spacial score (nSPS) is 25.6. The summed E-state index contributed by atoms with van der Waals surface area (Å²) in [6.07, 6.45) is 4.24. The molecule has 1 N–H and O–H groups in total. The number of hydrogen-bond acceptors (Lipinski definition) is 6. The second-order valence-corrected chi connectivity index (χ2v) is 19.6. The highest BCUT2D eigenvalue weighted by atomic mass is 79.9. The number of fused-ring (bicyclic) bond motifs is 1. The Morgan fingerprint density at radius 1 is 1.15 bits per heavy atom. The van der Waals surface area contributed by atoms with Gasteiger partial charge in [-0.15, -0.1) is 0 Å². The maximum atomic E-state index is 13.9. The van der Waals surface area contributed by atoms with Gasteiger partial charge in [0.2, 0.25) is 11.8 Å². The van der Waals surface area contributed by atoms with Crippen molar-refractivity contribution >= 4 is 36.1 Å². The highest BCUT2D eigenvalue weighted by Gasteiger charge is 2.57. The summed E-state index contributed by atoms with van der Waals surface area (Å²) in [5.41, 5.74) is 0. The number of nitrogens with one attached hydrogen (secondary N) is 1. The number of amides is 2. The van der Waals surface area contributed by atoms with E-state index in [9.17, 15) is 9.59 Å². The molecule has 3 aliphatic rings. The lowest BCUT2D eigenvalue weighted by atomic mass is 9.88. The minimum absolute atomic E-state index is 0.0322. The fourth-order valence-corrected chi connectivity index (χ4v) is 7.15. The number of carbonyl (C=O) groups is 2. The van der Waals surface area contributed by atoms with Gasteiger partial charge < -0.3 is 28.9 Å². The Kier molecular flexibility index (Phi) is 10.3. The van der Waals surface area contributed by atoms with Gasteiger partial charge in [-0.2, -0.15) is 0 Å². The first-order valence-electron chi connectivity index (χ1n) is 15.1. The second-order valence-electron chi connectivity index (χ2n) is 13.9. The Balaban J connectivity index is 1.46. The maximum absolute atomic E-state index is 13.9. The Morgan fingerprint density at radius 2 is 1.85 bits per heavy atom. The summed E-state index contributed by atoms with van der Waals surface area (Å²) < 4.78 is 25.9. The molecule has 0 unspecified atom stereocenters. The molecule has 41 heavy (non-hydrogen) atoms. The number of carbonyl (C=O) groups excluding carboxylic acids is 2. The summed E-state index contributed by atoms with van der Waals surface area (Å²) in [6, 6.07) is 7.01. The van der Waals surface area contributed by atoms with Crippen molar-refractivity contribution in [3.63, 3.8) is 0 Å². The highest BCUT2D eigenvalue weighted by Crippen LogP contribution is 2.39. The number of nitrogens with zero attached hydrogens (tertiary/aromatic N) is 1. The van der Waals surface area contributed by atoms with Crippen LogP contribution in [-0.4, -0.2) is 75.4 Å². The van der Waals surface area contributed by atoms with Crippen LogP contribution >= 0.6 is 15.9 Å². The predicted octanol–water partition coefficient (Wildman–Crippen LogP) is 5.89. The topological polar surface area (TPSA) is 86.3 Å². The first kappa shape index (κ1) is 32.5. The molecule has 3 fully saturated rings. The van der Waals surface area contributed by atoms with E-state index < -0.39 is 26.3 Å². The molecule has 2 saturated heterocycles. The average Bonchev–Trinajstić information content (AvgIpc) is 3.39. The summed E-state index contributed by atoms with van der Waals surface area (Å²) in [5.74, 6) is -0.294. The van der Waals surface area contributed by atoms with Gasteiger partial charge in [-0.25, -0.2) is 0 Å². The minimum Gasteiger partial charge on any atom is -0.493 e. The van der Waals surface area contributed by atoms with Gasteiger partial charge >= 0.3 is 0 Å². The number of hydrogen-bond donors (Lipinski definition) is 1. The monoisotopic (exact) mass is 652 g/mol. The van der Waals surface area contributed by atoms with Crippen LogP contribution in [0.1, 0.15) is 66.7 Å². The number of halogens is 1. The molecular formula is C31H49BrN2O6Si. The van der Waals surface area contributed by atoms with Crippen molar-refractivity contribution in [3.8, 4) is 5.75 Å². The lowest BCUT2D eigenvalue weighted by Crippen LogP contribution is -2.54. The van der Waals surface area contributed by atoms with E-state index in [1.54, 1.807) is 4.90 Å². The predicted molar refractivity (Wildman–Crippen MR) is 165 cm³/mol. The summed E-state index contributed by atoms with van der Waals surface area (Å²) in [7, 11) is -2.01. The SMILES string of the molecule is CC1(C)O[C@@H]2[C@@H](CN(C(=O)C3CCCCC3)[C@H]2C(=O)NC[C@H](COc2cccc(Br)c2)CO[Si](C)(C)C(C)(C)C)O1. The van der Waals surface area contributed by atoms with Crippen molar-refractivity contribution in [2.45, 2.75) is 109 Å². The highest BCUT2D eigenvalue weighted by molar-refractivity contribution is 9.10. The molecule has 2 amide bonds. The third-order valence-electron chi connectivity index (χ3n) is 9.08. The zero-order valence-electron chi connectivity index (χ0n) is 25.8. The molecule has 2 heterocycles. The van der Waals surface area contributed by atoms with Crippen molar-refractivity contribution in [2.24, 2.45) is 11.8 Å². The third kappa shape index (κ3) is 8.13. The molecule has 0 spiro atoms. The van der Waals surface area contributed by atoms with Gasteiger partial charge in [0.25, 0.3) is 0 Å². The molecule has 10 heteroatoms. The van der Waals surface area contributed by atoms with Crippen LogP contribution in [0.25, 0.3) is 0 Å². The maximum Gasteiger partial charge on any atom is 0.245 e. The molecule has 230 valence electrons. The molecule has 4 rings (SSSR count). The first-order valence-corrected chi connectivity index (χ1v) is 18.8. The second kappa shape index (κ2) is 13.0. The summed E-state index contributed by atoms with van der Waals surface area (Å²) >= 11 is 3.50. The van der Waals surface area contributed by atoms with Crippen LogP contribution in [-0.2, 0) is 23.5 Å². The van der Waals surface area contributed by atoms with Crippen molar-refractivity contribution in [2.75, 3.05) is 26.3 Å². The van der Waals surface area contributed by atoms with E-state index in [1.165, 1.54) is 6.42 Å². The van der Waals surface area contributed by atoms with Crippen molar-refractivity contribution in [1.82, 2.24) is 10.2 Å². The molecule has 4 atom stereocenters. The van der Waals surface area contributed by atoms with Gasteiger partial charge in [0.05, 0.1) is 13.2 Å². The van der Waals surface area contributed by atoms with E-state index in [-0.39, 0.29) is 34.8 Å². The van der Waals surface area contributed by atoms with E-state index in [1.807, 2.05) is 38.1 Å². The summed E-state index contributed by atoms with van der Waals surface area (Å²) in [6.45, 7) is 16.4. The van der Waals surface area contributed by atoms with Crippen LogP contribution in [0.4, 0.5) is 0 Å². The Labute approximate surface area is 255 Å². The molecule has 8 nitrogen and oxygen atoms in total. The molecule has 0 aromatic heterocycles. The average molecular weight is 654 g/mol. The molecule has 0 radical (unpaired) electrons. The van der Waals surface area contributed by atoms with Gasteiger partial charge in [-0.05, 0) is 63.0 Å². The smallest absolute Gasteiger partial charge is 0.245 e. The van der Waals surface area contributed by atoms with Crippen LogP contribution < -0.4 is 10.1 Å². The Bertz CT molecular complexity index is 1070. The van der Waals surface area contributed by atoms with Crippen LogP contribution in [0.15, 0.2) is 28.7 Å². The summed E-state index contributed by atoms with van der Waals surface area (Å²) in [4.78, 5) is 29.2. The van der Waals surface area contributed by atoms with Crippen molar-refractivity contribution < 1.29 is 28.2 Å². The molecule has 1 aliphatic carbocycles. The molecule has 1 saturated carbocycles. The first-order chi connectivity index (χ1) is 19.2. The molecule has 0 bridgehead atoms. The van der Waals surface area contributed by atoms with Crippen LogP contribution in [0, 0.1) is 11.8 Å². The fourth-order valence-electron chi connectivity index (χ4n) is 5.69. The number of likely N-dealkylation sites (tertiary alicyclic amines) is 1. The zero-order chi connectivity index (χ0) is 30.0. The van der Waals surface area contributed by atoms with Gasteiger partial charge in [0, 0.05) is 29.5 Å². The van der Waals surface area contributed by atoms with E-state index in [0.29, 0.717) is 26.3 Å². The van der Waals surface area contributed by atoms with E-state index in [2.05, 4.69) is 55.1 Å². The molecule has 2 aliphatic heterocycles. The van der Waals surface area contributed by atoms with Gasteiger partial charge in [0.15, 0.2) is 14.1 Å². The fraction of sp³-hybridized carbons (Fsp3) is 0.742. The van der Waals surface area contributed by atoms with Gasteiger partial charge in [-0.3, -0.25) is 9.59 Å². The molecule has 1 aromatic rings. The van der Waals surface area contributed by atoms with Crippen LogP contribution in [0.3, 0.4) is 0 Å². The van der Waals surface area contributed by atoms with E-state index in [0.717, 1.165) is 35.9 Å².